The van der Waals surface area contributed by atoms with Crippen molar-refractivity contribution in [2.75, 3.05) is 0 Å². The molecule has 2 aromatic rings. The first-order chi connectivity index (χ1) is 12.8. The average molecular weight is 386 g/mol. The third-order valence-electron chi connectivity index (χ3n) is 4.40. The van der Waals surface area contributed by atoms with Crippen LogP contribution in [0.2, 0.25) is 0 Å². The molecule has 0 unspecified atom stereocenters. The van der Waals surface area contributed by atoms with Gasteiger partial charge in [-0.25, -0.2) is 4.79 Å². The molecule has 1 aromatic heterocycles. The molecule has 0 radical (unpaired) electrons. The predicted molar refractivity (Wildman–Crippen MR) is 112 cm³/mol. The van der Waals surface area contributed by atoms with Gasteiger partial charge in [0.05, 0.1) is 16.8 Å². The molecule has 0 saturated heterocycles. The van der Waals surface area contributed by atoms with E-state index in [0.29, 0.717) is 5.57 Å². The number of carboxylic acids is 1. The van der Waals surface area contributed by atoms with Crippen LogP contribution in [0.15, 0.2) is 69.7 Å². The normalized spacial score (nSPS) is 15.0. The molecule has 1 aromatic carbocycles. The number of furan rings is 1. The van der Waals surface area contributed by atoms with Crippen LogP contribution >= 0.6 is 11.8 Å². The SMILES string of the molecule is CC[C@@](C)(N/C(=C(/C)Cc1ccccc1)c1ccco1)S/C=C(\C)C(=O)O. The van der Waals surface area contributed by atoms with Crippen molar-refractivity contribution < 1.29 is 14.3 Å². The zero-order chi connectivity index (χ0) is 19.9. The van der Waals surface area contributed by atoms with E-state index in [9.17, 15) is 4.79 Å². The van der Waals surface area contributed by atoms with Crippen molar-refractivity contribution in [3.8, 4) is 0 Å². The van der Waals surface area contributed by atoms with Crippen LogP contribution in [0.25, 0.3) is 5.70 Å². The highest BCUT2D eigenvalue weighted by Gasteiger charge is 2.25. The summed E-state index contributed by atoms with van der Waals surface area (Å²) in [6.07, 6.45) is 3.28. The van der Waals surface area contributed by atoms with E-state index < -0.39 is 5.97 Å². The molecule has 0 bridgehead atoms. The number of carbonyl (C=O) groups is 1. The van der Waals surface area contributed by atoms with Gasteiger partial charge in [-0.05, 0) is 62.3 Å². The molecule has 0 aliphatic heterocycles. The molecular weight excluding hydrogens is 358 g/mol. The van der Waals surface area contributed by atoms with Crippen molar-refractivity contribution in [2.45, 2.75) is 45.4 Å². The van der Waals surface area contributed by atoms with E-state index in [1.165, 1.54) is 17.3 Å². The lowest BCUT2D eigenvalue weighted by atomic mass is 10.0. The largest absolute Gasteiger partial charge is 0.478 e. The summed E-state index contributed by atoms with van der Waals surface area (Å²) in [7, 11) is 0. The predicted octanol–water partition coefficient (Wildman–Crippen LogP) is 5.69. The highest BCUT2D eigenvalue weighted by Crippen LogP contribution is 2.32. The second-order valence-corrected chi connectivity index (χ2v) is 8.10. The number of nitrogens with one attached hydrogen (secondary N) is 1. The van der Waals surface area contributed by atoms with E-state index in [4.69, 9.17) is 9.52 Å². The highest BCUT2D eigenvalue weighted by atomic mass is 32.2. The number of hydrogen-bond donors (Lipinski definition) is 2. The van der Waals surface area contributed by atoms with E-state index in [2.05, 4.69) is 38.2 Å². The molecule has 5 heteroatoms. The lowest BCUT2D eigenvalue weighted by molar-refractivity contribution is -0.132. The van der Waals surface area contributed by atoms with Gasteiger partial charge in [0.2, 0.25) is 0 Å². The molecule has 2 rings (SSSR count). The second-order valence-electron chi connectivity index (χ2n) is 6.73. The summed E-state index contributed by atoms with van der Waals surface area (Å²) in [4.78, 5) is 10.7. The van der Waals surface area contributed by atoms with Gasteiger partial charge >= 0.3 is 5.97 Å². The van der Waals surface area contributed by atoms with E-state index in [1.54, 1.807) is 18.6 Å². The van der Waals surface area contributed by atoms with Crippen LogP contribution in [0.3, 0.4) is 0 Å². The molecule has 1 atom stereocenters. The van der Waals surface area contributed by atoms with Gasteiger partial charge in [0.25, 0.3) is 0 Å². The van der Waals surface area contributed by atoms with E-state index in [-0.39, 0.29) is 4.87 Å². The summed E-state index contributed by atoms with van der Waals surface area (Å²) < 4.78 is 5.67. The van der Waals surface area contributed by atoms with E-state index in [0.717, 1.165) is 29.9 Å². The maximum absolute atomic E-state index is 11.1. The van der Waals surface area contributed by atoms with Gasteiger partial charge in [-0.3, -0.25) is 0 Å². The van der Waals surface area contributed by atoms with Crippen molar-refractivity contribution in [2.24, 2.45) is 0 Å². The Morgan fingerprint density at radius 3 is 2.48 bits per heavy atom. The molecule has 0 fully saturated rings. The number of benzene rings is 1. The summed E-state index contributed by atoms with van der Waals surface area (Å²) in [5.41, 5.74) is 3.66. The van der Waals surface area contributed by atoms with Crippen LogP contribution in [0.5, 0.6) is 0 Å². The monoisotopic (exact) mass is 385 g/mol. The first kappa shape index (κ1) is 20.9. The van der Waals surface area contributed by atoms with Crippen LogP contribution in [0.1, 0.15) is 45.4 Å². The van der Waals surface area contributed by atoms with Crippen LogP contribution in [-0.4, -0.2) is 15.9 Å². The minimum absolute atomic E-state index is 0.325. The van der Waals surface area contributed by atoms with Crippen molar-refractivity contribution in [1.82, 2.24) is 5.32 Å². The van der Waals surface area contributed by atoms with Crippen LogP contribution < -0.4 is 5.32 Å². The van der Waals surface area contributed by atoms with Gasteiger partial charge in [0.15, 0.2) is 0 Å². The second kappa shape index (κ2) is 9.51. The molecule has 0 spiro atoms. The van der Waals surface area contributed by atoms with Gasteiger partial charge in [0, 0.05) is 5.57 Å². The Balaban J connectivity index is 2.32. The lowest BCUT2D eigenvalue weighted by Crippen LogP contribution is -2.37. The summed E-state index contributed by atoms with van der Waals surface area (Å²) in [5, 5.41) is 14.4. The Morgan fingerprint density at radius 1 is 1.22 bits per heavy atom. The third-order valence-corrected chi connectivity index (χ3v) is 5.79. The Bertz CT molecular complexity index is 809. The number of hydrogen-bond acceptors (Lipinski definition) is 4. The third kappa shape index (κ3) is 6.07. The number of allylic oxidation sites excluding steroid dienone is 1. The Labute approximate surface area is 165 Å². The number of aliphatic carboxylic acids is 1. The Morgan fingerprint density at radius 2 is 1.93 bits per heavy atom. The fourth-order valence-corrected chi connectivity index (χ4v) is 3.39. The number of rotatable bonds is 9. The number of carboxylic acid groups (broad SMARTS) is 1. The Kier molecular flexibility index (Phi) is 7.36. The van der Waals surface area contributed by atoms with Gasteiger partial charge < -0.3 is 14.8 Å². The van der Waals surface area contributed by atoms with E-state index in [1.807, 2.05) is 30.3 Å². The minimum Gasteiger partial charge on any atom is -0.478 e. The zero-order valence-corrected chi connectivity index (χ0v) is 17.1. The minimum atomic E-state index is -0.900. The average Bonchev–Trinajstić information content (AvgIpc) is 3.19. The van der Waals surface area contributed by atoms with Crippen molar-refractivity contribution in [3.63, 3.8) is 0 Å². The lowest BCUT2D eigenvalue weighted by Gasteiger charge is -2.31. The molecule has 1 heterocycles. The molecule has 0 saturated carbocycles. The quantitative estimate of drug-likeness (QED) is 0.429. The van der Waals surface area contributed by atoms with Crippen molar-refractivity contribution in [1.29, 1.82) is 0 Å². The van der Waals surface area contributed by atoms with Gasteiger partial charge in [-0.1, -0.05) is 37.3 Å². The maximum atomic E-state index is 11.1. The molecule has 0 aliphatic carbocycles. The Hall–Kier alpha value is -2.40. The van der Waals surface area contributed by atoms with Crippen LogP contribution in [0, 0.1) is 0 Å². The highest BCUT2D eigenvalue weighted by molar-refractivity contribution is 8.03. The summed E-state index contributed by atoms with van der Waals surface area (Å²) in [6, 6.07) is 14.1. The number of thioether (sulfide) groups is 1. The fraction of sp³-hybridized carbons (Fsp3) is 0.318. The first-order valence-corrected chi connectivity index (χ1v) is 9.86. The molecular formula is C22H27NO3S. The molecule has 4 nitrogen and oxygen atoms in total. The smallest absolute Gasteiger partial charge is 0.331 e. The first-order valence-electron chi connectivity index (χ1n) is 8.98. The zero-order valence-electron chi connectivity index (χ0n) is 16.3. The van der Waals surface area contributed by atoms with Crippen LogP contribution in [0.4, 0.5) is 0 Å². The van der Waals surface area contributed by atoms with Crippen molar-refractivity contribution in [3.05, 3.63) is 76.6 Å². The summed E-state index contributed by atoms with van der Waals surface area (Å²) in [5.74, 6) is -0.120. The molecule has 0 aliphatic rings. The molecule has 144 valence electrons. The fourth-order valence-electron chi connectivity index (χ4n) is 2.52. The molecule has 27 heavy (non-hydrogen) atoms. The van der Waals surface area contributed by atoms with Gasteiger partial charge in [-0.2, -0.15) is 0 Å². The molecule has 0 amide bonds. The van der Waals surface area contributed by atoms with Crippen LogP contribution in [-0.2, 0) is 11.2 Å². The summed E-state index contributed by atoms with van der Waals surface area (Å²) in [6.45, 7) is 7.85. The maximum Gasteiger partial charge on any atom is 0.331 e. The topological polar surface area (TPSA) is 62.5 Å². The summed E-state index contributed by atoms with van der Waals surface area (Å²) >= 11 is 1.48. The van der Waals surface area contributed by atoms with Gasteiger partial charge in [-0.15, -0.1) is 11.8 Å². The standard InChI is InChI=1S/C22H27NO3S/c1-5-22(4,27-15-17(3)21(24)25)23-20(19-12-9-13-26-19)16(2)14-18-10-7-6-8-11-18/h6-13,15,23H,5,14H2,1-4H3,(H,24,25)/b17-15+,20-16-/t22-/m0/s1. The van der Waals surface area contributed by atoms with Gasteiger partial charge in [0.1, 0.15) is 5.76 Å². The molecule has 2 N–H and O–H groups in total. The van der Waals surface area contributed by atoms with Crippen molar-refractivity contribution >= 4 is 23.4 Å². The van der Waals surface area contributed by atoms with E-state index >= 15 is 0 Å².